The zero-order valence-electron chi connectivity index (χ0n) is 26.0. The Kier molecular flexibility index (Phi) is 10.8. The highest BCUT2D eigenvalue weighted by atomic mass is 35.5. The lowest BCUT2D eigenvalue weighted by molar-refractivity contribution is -0.137. The van der Waals surface area contributed by atoms with E-state index in [1.165, 1.54) is 12.1 Å². The summed E-state index contributed by atoms with van der Waals surface area (Å²) in [5.41, 5.74) is 7.25. The van der Waals surface area contributed by atoms with E-state index >= 15 is 0 Å². The molecular formula is C33H41ClFN5O4S. The van der Waals surface area contributed by atoms with Crippen LogP contribution in [0.1, 0.15) is 63.8 Å². The molecule has 3 amide bonds. The molecule has 6 N–H and O–H groups in total. The number of thiocarbonyl (C=S) groups is 1. The van der Waals surface area contributed by atoms with Crippen molar-refractivity contribution in [2.45, 2.75) is 84.0 Å². The number of rotatable bonds is 12. The van der Waals surface area contributed by atoms with Crippen molar-refractivity contribution in [3.8, 4) is 0 Å². The number of benzene rings is 2. The standard InChI is InChI=1S/C33H41ClFN5O4S/c1-5-18(3)26(29(36)45)38-31(42)33(13-12-25-23(16-33)22-14-21(35)15-24(34)27(22)37-25)39-30(41)28(19(4)6-2)40(32(43)44)17-20-10-8-7-9-11-20/h7-11,14-15,18-19,26,28,37H,5-6,12-13,16-17H2,1-4H3,(H2,36,45)(H,38,42)(H,39,41)(H,43,44)/t18-,19?,26-,28?,33+/m0/s1. The van der Waals surface area contributed by atoms with Crippen LogP contribution in [0, 0.1) is 17.7 Å². The van der Waals surface area contributed by atoms with Crippen molar-refractivity contribution in [1.29, 1.82) is 0 Å². The molecule has 0 saturated heterocycles. The number of nitrogens with zero attached hydrogens (tertiary/aromatic N) is 1. The molecule has 9 nitrogen and oxygen atoms in total. The minimum atomic E-state index is -1.52. The number of hydrogen-bond donors (Lipinski definition) is 5. The predicted octanol–water partition coefficient (Wildman–Crippen LogP) is 5.72. The smallest absolute Gasteiger partial charge is 0.408 e. The molecule has 1 aliphatic carbocycles. The number of H-pyrrole nitrogens is 1. The first-order valence-corrected chi connectivity index (χ1v) is 16.0. The number of fused-ring (bicyclic) bond motifs is 3. The van der Waals surface area contributed by atoms with E-state index in [0.29, 0.717) is 35.7 Å². The summed E-state index contributed by atoms with van der Waals surface area (Å²) in [5, 5.41) is 17.0. The van der Waals surface area contributed by atoms with Crippen molar-refractivity contribution in [3.05, 3.63) is 70.1 Å². The van der Waals surface area contributed by atoms with Crippen LogP contribution in [0.25, 0.3) is 10.9 Å². The third-order valence-electron chi connectivity index (χ3n) is 9.13. The first-order valence-electron chi connectivity index (χ1n) is 15.3. The zero-order valence-corrected chi connectivity index (χ0v) is 27.5. The van der Waals surface area contributed by atoms with E-state index in [1.54, 1.807) is 24.3 Å². The summed E-state index contributed by atoms with van der Waals surface area (Å²) in [6.45, 7) is 7.56. The minimum Gasteiger partial charge on any atom is -0.465 e. The summed E-state index contributed by atoms with van der Waals surface area (Å²) in [4.78, 5) is 45.9. The molecule has 3 aromatic rings. The van der Waals surface area contributed by atoms with Crippen LogP contribution >= 0.6 is 23.8 Å². The van der Waals surface area contributed by atoms with Crippen LogP contribution in [0.2, 0.25) is 5.02 Å². The summed E-state index contributed by atoms with van der Waals surface area (Å²) >= 11 is 11.7. The molecule has 0 radical (unpaired) electrons. The van der Waals surface area contributed by atoms with Gasteiger partial charge >= 0.3 is 6.09 Å². The zero-order chi connectivity index (χ0) is 33.1. The Hall–Kier alpha value is -3.70. The van der Waals surface area contributed by atoms with Gasteiger partial charge in [0.2, 0.25) is 11.8 Å². The molecular weight excluding hydrogens is 617 g/mol. The van der Waals surface area contributed by atoms with Gasteiger partial charge in [0.05, 0.1) is 21.6 Å². The molecule has 0 bridgehead atoms. The molecule has 2 aromatic carbocycles. The Morgan fingerprint density at radius 3 is 2.42 bits per heavy atom. The normalized spacial score (nSPS) is 18.7. The Morgan fingerprint density at radius 1 is 1.16 bits per heavy atom. The number of aromatic nitrogens is 1. The number of amides is 3. The van der Waals surface area contributed by atoms with Gasteiger partial charge in [-0.05, 0) is 47.9 Å². The topological polar surface area (TPSA) is 141 Å². The average molecular weight is 658 g/mol. The molecule has 4 rings (SSSR count). The second-order valence-electron chi connectivity index (χ2n) is 12.1. The van der Waals surface area contributed by atoms with Crippen LogP contribution in [0.15, 0.2) is 42.5 Å². The largest absolute Gasteiger partial charge is 0.465 e. The van der Waals surface area contributed by atoms with Crippen molar-refractivity contribution in [3.63, 3.8) is 0 Å². The number of carbonyl (C=O) groups is 3. The fourth-order valence-electron chi connectivity index (χ4n) is 6.14. The van der Waals surface area contributed by atoms with Gasteiger partial charge in [0, 0.05) is 24.0 Å². The van der Waals surface area contributed by atoms with Crippen LogP contribution < -0.4 is 16.4 Å². The van der Waals surface area contributed by atoms with E-state index < -0.39 is 41.3 Å². The maximum absolute atomic E-state index is 14.5. The van der Waals surface area contributed by atoms with E-state index in [9.17, 15) is 23.9 Å². The van der Waals surface area contributed by atoms with Gasteiger partial charge in [0.1, 0.15) is 17.4 Å². The summed E-state index contributed by atoms with van der Waals surface area (Å²) in [6.07, 6.45) is 0.498. The van der Waals surface area contributed by atoms with Gasteiger partial charge in [-0.1, -0.05) is 94.7 Å². The highest BCUT2D eigenvalue weighted by Gasteiger charge is 2.47. The van der Waals surface area contributed by atoms with Gasteiger partial charge in [-0.25, -0.2) is 9.18 Å². The van der Waals surface area contributed by atoms with E-state index in [4.69, 9.17) is 29.6 Å². The molecule has 0 fully saturated rings. The molecule has 45 heavy (non-hydrogen) atoms. The third-order valence-corrected chi connectivity index (χ3v) is 9.68. The van der Waals surface area contributed by atoms with Crippen molar-refractivity contribution in [2.24, 2.45) is 17.6 Å². The van der Waals surface area contributed by atoms with Crippen LogP contribution in [-0.2, 0) is 29.0 Å². The number of carboxylic acid groups (broad SMARTS) is 1. The van der Waals surface area contributed by atoms with E-state index in [0.717, 1.165) is 16.2 Å². The second-order valence-corrected chi connectivity index (χ2v) is 13.0. The lowest BCUT2D eigenvalue weighted by Crippen LogP contribution is -2.67. The number of carbonyl (C=O) groups excluding carboxylic acids is 2. The van der Waals surface area contributed by atoms with Crippen molar-refractivity contribution >= 4 is 57.6 Å². The van der Waals surface area contributed by atoms with E-state index in [2.05, 4.69) is 15.6 Å². The number of nitrogens with one attached hydrogen (secondary N) is 3. The first-order chi connectivity index (χ1) is 21.3. The van der Waals surface area contributed by atoms with Gasteiger partial charge in [0.25, 0.3) is 0 Å². The average Bonchev–Trinajstić information content (AvgIpc) is 3.36. The lowest BCUT2D eigenvalue weighted by Gasteiger charge is -2.41. The van der Waals surface area contributed by atoms with Crippen molar-refractivity contribution in [2.75, 3.05) is 0 Å². The predicted molar refractivity (Wildman–Crippen MR) is 178 cm³/mol. The molecule has 1 heterocycles. The van der Waals surface area contributed by atoms with Gasteiger partial charge < -0.3 is 26.5 Å². The Balaban J connectivity index is 1.79. The third kappa shape index (κ3) is 7.25. The van der Waals surface area contributed by atoms with Crippen LogP contribution in [0.4, 0.5) is 9.18 Å². The number of hydrogen-bond acceptors (Lipinski definition) is 4. The summed E-state index contributed by atoms with van der Waals surface area (Å²) < 4.78 is 14.5. The van der Waals surface area contributed by atoms with Gasteiger partial charge in [0.15, 0.2) is 0 Å². The summed E-state index contributed by atoms with van der Waals surface area (Å²) in [5.74, 6) is -2.08. The maximum Gasteiger partial charge on any atom is 0.408 e. The molecule has 2 unspecified atom stereocenters. The first kappa shape index (κ1) is 34.2. The summed E-state index contributed by atoms with van der Waals surface area (Å²) in [6, 6.07) is 9.87. The van der Waals surface area contributed by atoms with Crippen LogP contribution in [0.3, 0.4) is 0 Å². The highest BCUT2D eigenvalue weighted by Crippen LogP contribution is 2.37. The molecule has 242 valence electrons. The highest BCUT2D eigenvalue weighted by molar-refractivity contribution is 7.80. The fraction of sp³-hybridized carbons (Fsp3) is 0.455. The van der Waals surface area contributed by atoms with Crippen molar-refractivity contribution in [1.82, 2.24) is 20.5 Å². The Labute approximate surface area is 273 Å². The number of halogens is 2. The molecule has 1 aliphatic rings. The number of aryl methyl sites for hydroxylation is 1. The monoisotopic (exact) mass is 657 g/mol. The fourth-order valence-corrected chi connectivity index (χ4v) is 6.69. The van der Waals surface area contributed by atoms with Gasteiger partial charge in [-0.3, -0.25) is 14.5 Å². The SMILES string of the molecule is CCC(C)C(C(=O)N[C@]1(C(=O)N[C@H](C(N)=S)[C@@H](C)CC)CCc2[nH]c3c(Cl)cc(F)cc3c2C1)N(Cc1ccccc1)C(=O)O. The second kappa shape index (κ2) is 14.2. The molecule has 0 spiro atoms. The minimum absolute atomic E-state index is 0.0142. The van der Waals surface area contributed by atoms with E-state index in [1.807, 2.05) is 33.8 Å². The van der Waals surface area contributed by atoms with Crippen molar-refractivity contribution < 1.29 is 23.9 Å². The lowest BCUT2D eigenvalue weighted by atomic mass is 9.78. The molecule has 12 heteroatoms. The molecule has 0 saturated carbocycles. The maximum atomic E-state index is 14.5. The quantitative estimate of drug-likeness (QED) is 0.158. The number of aromatic amines is 1. The van der Waals surface area contributed by atoms with E-state index in [-0.39, 0.29) is 41.2 Å². The number of nitrogens with two attached hydrogens (primary N) is 1. The molecule has 0 aliphatic heterocycles. The Morgan fingerprint density at radius 2 is 1.82 bits per heavy atom. The van der Waals surface area contributed by atoms with Gasteiger partial charge in [-0.2, -0.15) is 0 Å². The molecule has 1 aromatic heterocycles. The molecule has 5 atom stereocenters. The van der Waals surface area contributed by atoms with Crippen LogP contribution in [-0.4, -0.2) is 55.5 Å². The van der Waals surface area contributed by atoms with Crippen LogP contribution in [0.5, 0.6) is 0 Å². The summed E-state index contributed by atoms with van der Waals surface area (Å²) in [7, 11) is 0. The van der Waals surface area contributed by atoms with Gasteiger partial charge in [-0.15, -0.1) is 0 Å². The Bertz CT molecular complexity index is 1580.